The molecule has 1 aliphatic heterocycles. The number of hydrogen-bond acceptors (Lipinski definition) is 6. The van der Waals surface area contributed by atoms with Crippen molar-refractivity contribution in [1.29, 1.82) is 0 Å². The molecule has 2 fully saturated rings. The molecular weight excluding hydrogens is 370 g/mol. The van der Waals surface area contributed by atoms with E-state index < -0.39 is 15.8 Å². The van der Waals surface area contributed by atoms with Crippen molar-refractivity contribution in [2.75, 3.05) is 24.7 Å². The van der Waals surface area contributed by atoms with Crippen molar-refractivity contribution >= 4 is 21.7 Å². The van der Waals surface area contributed by atoms with Crippen LogP contribution in [-0.4, -0.2) is 62.0 Å². The largest absolute Gasteiger partial charge is 0.482 e. The van der Waals surface area contributed by atoms with Gasteiger partial charge in [0.1, 0.15) is 5.75 Å². The Bertz CT molecular complexity index is 831. The summed E-state index contributed by atoms with van der Waals surface area (Å²) in [6, 6.07) is 5.28. The van der Waals surface area contributed by atoms with E-state index in [1.54, 1.807) is 11.0 Å². The first-order valence-corrected chi connectivity index (χ1v) is 10.9. The van der Waals surface area contributed by atoms with Gasteiger partial charge in [0, 0.05) is 12.1 Å². The van der Waals surface area contributed by atoms with E-state index in [0.717, 1.165) is 24.0 Å². The van der Waals surface area contributed by atoms with Crippen LogP contribution in [0.3, 0.4) is 0 Å². The van der Waals surface area contributed by atoms with Crippen LogP contribution in [0, 0.1) is 13.8 Å². The van der Waals surface area contributed by atoms with Gasteiger partial charge in [0.05, 0.1) is 11.5 Å². The number of benzene rings is 1. The second-order valence-corrected chi connectivity index (χ2v) is 9.51. The van der Waals surface area contributed by atoms with Gasteiger partial charge in [-0.25, -0.2) is 13.2 Å². The summed E-state index contributed by atoms with van der Waals surface area (Å²) in [5.41, 5.74) is 2.19. The van der Waals surface area contributed by atoms with E-state index in [1.807, 2.05) is 26.0 Å². The molecule has 0 N–H and O–H groups in total. The van der Waals surface area contributed by atoms with Gasteiger partial charge in [0.2, 0.25) is 0 Å². The lowest BCUT2D eigenvalue weighted by Gasteiger charge is -2.28. The van der Waals surface area contributed by atoms with E-state index in [9.17, 15) is 18.0 Å². The molecule has 1 heterocycles. The summed E-state index contributed by atoms with van der Waals surface area (Å²) >= 11 is 0. The van der Waals surface area contributed by atoms with Crippen molar-refractivity contribution in [3.63, 3.8) is 0 Å². The zero-order valence-electron chi connectivity index (χ0n) is 15.6. The molecule has 1 aliphatic carbocycles. The van der Waals surface area contributed by atoms with Crippen LogP contribution in [0.4, 0.5) is 0 Å². The minimum Gasteiger partial charge on any atom is -0.482 e. The third-order valence-electron chi connectivity index (χ3n) is 5.02. The lowest BCUT2D eigenvalue weighted by Crippen LogP contribution is -2.45. The number of carbonyl (C=O) groups excluding carboxylic acids is 2. The van der Waals surface area contributed by atoms with Crippen LogP contribution in [0.25, 0.3) is 0 Å². The highest BCUT2D eigenvalue weighted by molar-refractivity contribution is 7.91. The van der Waals surface area contributed by atoms with E-state index in [2.05, 4.69) is 0 Å². The van der Waals surface area contributed by atoms with Crippen molar-refractivity contribution in [1.82, 2.24) is 4.90 Å². The van der Waals surface area contributed by atoms with Crippen LogP contribution in [0.1, 0.15) is 30.4 Å². The average molecular weight is 395 g/mol. The van der Waals surface area contributed by atoms with E-state index in [-0.39, 0.29) is 42.7 Å². The molecule has 0 spiro atoms. The van der Waals surface area contributed by atoms with Crippen molar-refractivity contribution in [3.05, 3.63) is 29.3 Å². The molecule has 1 saturated carbocycles. The number of carbonyl (C=O) groups is 2. The molecule has 1 amide bonds. The second kappa shape index (κ2) is 7.88. The van der Waals surface area contributed by atoms with Crippen molar-refractivity contribution in [2.45, 2.75) is 45.2 Å². The molecule has 3 rings (SSSR count). The Balaban J connectivity index is 1.48. The normalized spacial score (nSPS) is 20.9. The summed E-state index contributed by atoms with van der Waals surface area (Å²) in [7, 11) is -3.08. The fraction of sp³-hybridized carbons (Fsp3) is 0.579. The zero-order chi connectivity index (χ0) is 19.6. The van der Waals surface area contributed by atoms with E-state index in [1.165, 1.54) is 0 Å². The van der Waals surface area contributed by atoms with Crippen LogP contribution in [0.5, 0.6) is 5.75 Å². The molecule has 8 heteroatoms. The third kappa shape index (κ3) is 5.22. The quantitative estimate of drug-likeness (QED) is 0.649. The highest BCUT2D eigenvalue weighted by Gasteiger charge is 2.42. The molecule has 148 valence electrons. The molecule has 0 unspecified atom stereocenters. The van der Waals surface area contributed by atoms with Gasteiger partial charge in [0.15, 0.2) is 23.1 Å². The standard InChI is InChI=1S/C19H25NO6S/c1-13-3-6-17(9-14(13)2)25-11-19(22)26-10-18(21)20(15-4-5-15)16-7-8-27(23,24)12-16/h3,6,9,15-16H,4-5,7-8,10-12H2,1-2H3/t16-/m0/s1. The first kappa shape index (κ1) is 19.7. The van der Waals surface area contributed by atoms with Gasteiger partial charge in [-0.05, 0) is 56.4 Å². The summed E-state index contributed by atoms with van der Waals surface area (Å²) in [6.07, 6.45) is 2.19. The fourth-order valence-electron chi connectivity index (χ4n) is 3.26. The molecule has 0 aromatic heterocycles. The van der Waals surface area contributed by atoms with Gasteiger partial charge in [-0.15, -0.1) is 0 Å². The molecular formula is C19H25NO6S. The molecule has 1 aromatic carbocycles. The molecule has 0 bridgehead atoms. The van der Waals surface area contributed by atoms with Crippen molar-refractivity contribution < 1.29 is 27.5 Å². The Labute approximate surface area is 159 Å². The zero-order valence-corrected chi connectivity index (χ0v) is 16.5. The number of ether oxygens (including phenoxy) is 2. The number of amides is 1. The fourth-order valence-corrected chi connectivity index (χ4v) is 4.97. The second-order valence-electron chi connectivity index (χ2n) is 7.28. The number of sulfone groups is 1. The monoisotopic (exact) mass is 395 g/mol. The highest BCUT2D eigenvalue weighted by atomic mass is 32.2. The van der Waals surface area contributed by atoms with Gasteiger partial charge in [-0.1, -0.05) is 6.07 Å². The lowest BCUT2D eigenvalue weighted by molar-refractivity contribution is -0.154. The van der Waals surface area contributed by atoms with E-state index in [4.69, 9.17) is 9.47 Å². The lowest BCUT2D eigenvalue weighted by atomic mass is 10.1. The van der Waals surface area contributed by atoms with Gasteiger partial charge < -0.3 is 14.4 Å². The minimum atomic E-state index is -3.08. The molecule has 1 saturated heterocycles. The van der Waals surface area contributed by atoms with Crippen molar-refractivity contribution in [2.24, 2.45) is 0 Å². The Kier molecular flexibility index (Phi) is 5.74. The molecule has 1 aromatic rings. The Morgan fingerprint density at radius 2 is 1.81 bits per heavy atom. The summed E-state index contributed by atoms with van der Waals surface area (Å²) < 4.78 is 33.9. The number of aryl methyl sites for hydroxylation is 2. The number of nitrogens with zero attached hydrogens (tertiary/aromatic N) is 1. The predicted octanol–water partition coefficient (Wildman–Crippen LogP) is 1.40. The number of rotatable bonds is 7. The number of esters is 1. The maximum Gasteiger partial charge on any atom is 0.344 e. The van der Waals surface area contributed by atoms with E-state index in [0.29, 0.717) is 12.2 Å². The third-order valence-corrected chi connectivity index (χ3v) is 6.77. The maximum atomic E-state index is 12.5. The Hall–Kier alpha value is -2.09. The summed E-state index contributed by atoms with van der Waals surface area (Å²) in [6.45, 7) is 3.27. The van der Waals surface area contributed by atoms with Crippen molar-refractivity contribution in [3.8, 4) is 5.75 Å². The van der Waals surface area contributed by atoms with Gasteiger partial charge in [0.25, 0.3) is 5.91 Å². The smallest absolute Gasteiger partial charge is 0.344 e. The Morgan fingerprint density at radius 1 is 1.07 bits per heavy atom. The van der Waals surface area contributed by atoms with Crippen LogP contribution >= 0.6 is 0 Å². The molecule has 7 nitrogen and oxygen atoms in total. The first-order chi connectivity index (χ1) is 12.7. The summed E-state index contributed by atoms with van der Waals surface area (Å²) in [4.78, 5) is 26.0. The van der Waals surface area contributed by atoms with Gasteiger partial charge >= 0.3 is 5.97 Å². The van der Waals surface area contributed by atoms with Crippen LogP contribution < -0.4 is 4.74 Å². The summed E-state index contributed by atoms with van der Waals surface area (Å²) in [5.74, 6) is -0.288. The molecule has 1 atom stereocenters. The molecule has 2 aliphatic rings. The van der Waals surface area contributed by atoms with Crippen LogP contribution in [0.2, 0.25) is 0 Å². The molecule has 0 radical (unpaired) electrons. The van der Waals surface area contributed by atoms with Gasteiger partial charge in [-0.2, -0.15) is 0 Å². The van der Waals surface area contributed by atoms with E-state index >= 15 is 0 Å². The predicted molar refractivity (Wildman–Crippen MR) is 99.3 cm³/mol. The first-order valence-electron chi connectivity index (χ1n) is 9.12. The average Bonchev–Trinajstić information content (AvgIpc) is 3.37. The van der Waals surface area contributed by atoms with Crippen LogP contribution in [0.15, 0.2) is 18.2 Å². The summed E-state index contributed by atoms with van der Waals surface area (Å²) in [5, 5.41) is 0. The van der Waals surface area contributed by atoms with Gasteiger partial charge in [-0.3, -0.25) is 4.79 Å². The highest BCUT2D eigenvalue weighted by Crippen LogP contribution is 2.32. The topological polar surface area (TPSA) is 90.0 Å². The van der Waals surface area contributed by atoms with Crippen LogP contribution in [-0.2, 0) is 24.2 Å². The minimum absolute atomic E-state index is 0.000920. The molecule has 27 heavy (non-hydrogen) atoms. The maximum absolute atomic E-state index is 12.5. The SMILES string of the molecule is Cc1ccc(OCC(=O)OCC(=O)N(C2CC2)[C@H]2CCS(=O)(=O)C2)cc1C. The number of hydrogen-bond donors (Lipinski definition) is 0. The Morgan fingerprint density at radius 3 is 2.41 bits per heavy atom.